The molecule has 0 bridgehead atoms. The maximum Gasteiger partial charge on any atom is 0.420 e. The van der Waals surface area contributed by atoms with Gasteiger partial charge in [0.25, 0.3) is 17.1 Å². The van der Waals surface area contributed by atoms with Crippen LogP contribution in [0.2, 0.25) is 0 Å². The summed E-state index contributed by atoms with van der Waals surface area (Å²) in [5, 5.41) is 22.3. The number of rotatable bonds is 30. The summed E-state index contributed by atoms with van der Waals surface area (Å²) in [6.07, 6.45) is -4.17. The van der Waals surface area contributed by atoms with E-state index < -0.39 is 52.7 Å². The number of β-amino-alcohol motifs (C(OH)–C–C–N with tert-alkyl or cyclic N) is 1. The lowest BCUT2D eigenvalue weighted by molar-refractivity contribution is -0.143. The molecule has 1 aromatic heterocycles. The Balaban J connectivity index is 0.684. The maximum atomic E-state index is 14.2. The number of carbonyl (C=O) groups is 5. The van der Waals surface area contributed by atoms with Gasteiger partial charge in [-0.3, -0.25) is 28.9 Å². The Bertz CT molecular complexity index is 3260. The number of nitriles is 1. The second kappa shape index (κ2) is 30.1. The van der Waals surface area contributed by atoms with Gasteiger partial charge in [-0.1, -0.05) is 50.2 Å². The molecule has 2 N–H and O–H groups in total. The Morgan fingerprint density at radius 3 is 2.14 bits per heavy atom. The first-order valence-electron chi connectivity index (χ1n) is 27.4. The number of thiazole rings is 1. The summed E-state index contributed by atoms with van der Waals surface area (Å²) in [4.78, 5) is 76.9. The number of amides is 5. The molecule has 2 saturated heterocycles. The molecule has 5 amide bonds. The van der Waals surface area contributed by atoms with Crippen molar-refractivity contribution in [2.45, 2.75) is 64.6 Å². The van der Waals surface area contributed by atoms with Gasteiger partial charge in [-0.05, 0) is 89.8 Å². The lowest BCUT2D eigenvalue weighted by Crippen LogP contribution is -2.55. The zero-order valence-corrected chi connectivity index (χ0v) is 48.9. The fourth-order valence-corrected chi connectivity index (χ4v) is 11.4. The van der Waals surface area contributed by atoms with E-state index in [0.717, 1.165) is 44.4 Å². The number of thioether (sulfide) groups is 1. The second-order valence-electron chi connectivity index (χ2n) is 20.1. The number of nitrogens with one attached hydrogen (secondary N) is 1. The van der Waals surface area contributed by atoms with Gasteiger partial charge in [0.15, 0.2) is 11.5 Å². The average Bonchev–Trinajstić information content (AvgIpc) is 2.91. The highest BCUT2D eigenvalue weighted by molar-refractivity contribution is 8.18. The molecule has 0 radical (unpaired) electrons. The molecular formula is C60H65F3N6O14S2. The second-order valence-corrected chi connectivity index (χ2v) is 21.9. The van der Waals surface area contributed by atoms with Crippen molar-refractivity contribution in [3.8, 4) is 39.5 Å². The highest BCUT2D eigenvalue weighted by Crippen LogP contribution is 2.42. The molecule has 3 aliphatic rings. The highest BCUT2D eigenvalue weighted by Gasteiger charge is 2.46. The number of aliphatic hydroxyl groups is 1. The van der Waals surface area contributed by atoms with E-state index in [1.165, 1.54) is 53.7 Å². The van der Waals surface area contributed by atoms with Crippen molar-refractivity contribution in [2.24, 2.45) is 5.92 Å². The van der Waals surface area contributed by atoms with Crippen molar-refractivity contribution >= 4 is 58.0 Å². The largest absolute Gasteiger partial charge is 0.493 e. The number of benzene rings is 4. The first-order valence-corrected chi connectivity index (χ1v) is 29.1. The molecule has 4 heterocycles. The Kier molecular flexibility index (Phi) is 22.5. The third kappa shape index (κ3) is 16.5. The summed E-state index contributed by atoms with van der Waals surface area (Å²) in [7, 11) is 1.30. The molecule has 452 valence electrons. The van der Waals surface area contributed by atoms with E-state index in [-0.39, 0.29) is 105 Å². The molecule has 4 aromatic carbocycles. The fourth-order valence-electron chi connectivity index (χ4n) is 9.69. The van der Waals surface area contributed by atoms with Crippen LogP contribution in [0.5, 0.6) is 23.0 Å². The summed E-state index contributed by atoms with van der Waals surface area (Å²) in [5.41, 5.74) is 4.74. The molecular weight excluding hydrogens is 1150 g/mol. The van der Waals surface area contributed by atoms with E-state index in [0.29, 0.717) is 68.1 Å². The standard InChI is InChI=1S/C60H65F3N6O14S2/c1-37(2)53(69-34-43-7-5-6-8-45(43)56(69)72)58(74)68-35-44(70)31-47(68)55(71)65-33-42-12-11-41(54-38(3)66-36-84-54)30-50(42)82-26-25-81-24-23-80-22-21-79-20-19-78-18-17-77-16-15-67-57(73)52(85-59(67)75)29-39-9-14-49(51(28-39)76-4)83-48-13-10-40(32-64)27-46(48)60(61,62)63/h5-14,27-30,36-37,44,47,53,70H,15-26,31,33-35H2,1-4H3,(H,65,71)/b52-29-/t44-,47+,53+/m1/s1. The Morgan fingerprint density at radius 2 is 1.51 bits per heavy atom. The van der Waals surface area contributed by atoms with E-state index >= 15 is 0 Å². The average molecular weight is 1220 g/mol. The van der Waals surface area contributed by atoms with Crippen LogP contribution in [0.25, 0.3) is 16.5 Å². The first kappa shape index (κ1) is 63.6. The molecule has 85 heavy (non-hydrogen) atoms. The number of likely N-dealkylation sites (tertiary alicyclic amines) is 1. The van der Waals surface area contributed by atoms with Gasteiger partial charge in [0.1, 0.15) is 30.2 Å². The molecule has 2 fully saturated rings. The summed E-state index contributed by atoms with van der Waals surface area (Å²) >= 11 is 2.24. The van der Waals surface area contributed by atoms with Crippen molar-refractivity contribution < 1.29 is 80.1 Å². The molecule has 25 heteroatoms. The van der Waals surface area contributed by atoms with Crippen molar-refractivity contribution in [3.05, 3.63) is 128 Å². The number of alkyl halides is 3. The van der Waals surface area contributed by atoms with Gasteiger partial charge in [-0.15, -0.1) is 11.3 Å². The smallest absolute Gasteiger partial charge is 0.420 e. The molecule has 0 spiro atoms. The number of ether oxygens (including phenoxy) is 8. The van der Waals surface area contributed by atoms with Crippen LogP contribution in [0, 0.1) is 24.2 Å². The third-order valence-corrected chi connectivity index (χ3v) is 15.8. The first-order chi connectivity index (χ1) is 40.9. The minimum absolute atomic E-state index is 0.00124. The molecule has 8 rings (SSSR count). The van der Waals surface area contributed by atoms with E-state index in [1.54, 1.807) is 28.6 Å². The maximum absolute atomic E-state index is 14.2. The lowest BCUT2D eigenvalue weighted by atomic mass is 10.0. The van der Waals surface area contributed by atoms with Crippen LogP contribution in [-0.2, 0) is 57.3 Å². The van der Waals surface area contributed by atoms with E-state index in [1.807, 2.05) is 51.1 Å². The number of hydrogen-bond donors (Lipinski definition) is 2. The van der Waals surface area contributed by atoms with E-state index in [9.17, 15) is 42.3 Å². The van der Waals surface area contributed by atoms with Gasteiger partial charge in [-0.2, -0.15) is 18.4 Å². The number of halogens is 3. The molecule has 3 aliphatic heterocycles. The van der Waals surface area contributed by atoms with E-state index in [2.05, 4.69) is 10.3 Å². The molecule has 20 nitrogen and oxygen atoms in total. The predicted octanol–water partition coefficient (Wildman–Crippen LogP) is 8.27. The number of nitrogens with zero attached hydrogens (tertiary/aromatic N) is 5. The lowest BCUT2D eigenvalue weighted by Gasteiger charge is -2.35. The summed E-state index contributed by atoms with van der Waals surface area (Å²) < 4.78 is 86.4. The minimum Gasteiger partial charge on any atom is -0.493 e. The van der Waals surface area contributed by atoms with E-state index in [4.69, 9.17) is 43.2 Å². The zero-order chi connectivity index (χ0) is 60.6. The number of carbonyl (C=O) groups excluding carboxylic acids is 5. The van der Waals surface area contributed by atoms with Crippen molar-refractivity contribution in [2.75, 3.05) is 92.9 Å². The van der Waals surface area contributed by atoms with Gasteiger partial charge in [0, 0.05) is 37.2 Å². The predicted molar refractivity (Wildman–Crippen MR) is 307 cm³/mol. The number of aryl methyl sites for hydroxylation is 1. The van der Waals surface area contributed by atoms with Gasteiger partial charge in [0.2, 0.25) is 11.8 Å². The van der Waals surface area contributed by atoms with Crippen LogP contribution < -0.4 is 19.5 Å². The summed E-state index contributed by atoms with van der Waals surface area (Å²) in [6.45, 7) is 8.85. The monoisotopic (exact) mass is 1210 g/mol. The molecule has 5 aromatic rings. The molecule has 0 saturated carbocycles. The normalized spacial score (nSPS) is 16.8. The Morgan fingerprint density at radius 1 is 0.835 bits per heavy atom. The highest BCUT2D eigenvalue weighted by atomic mass is 32.2. The third-order valence-electron chi connectivity index (χ3n) is 13.9. The van der Waals surface area contributed by atoms with Crippen molar-refractivity contribution in [3.63, 3.8) is 0 Å². The number of imide groups is 1. The van der Waals surface area contributed by atoms with Gasteiger partial charge in [0.05, 0.1) is 124 Å². The van der Waals surface area contributed by atoms with Crippen LogP contribution in [0.1, 0.15) is 64.1 Å². The summed E-state index contributed by atoms with van der Waals surface area (Å²) in [6, 6.07) is 20.2. The number of hydrogen-bond acceptors (Lipinski definition) is 18. The van der Waals surface area contributed by atoms with Crippen LogP contribution in [0.4, 0.5) is 18.0 Å². The molecule has 0 unspecified atom stereocenters. The van der Waals surface area contributed by atoms with Crippen LogP contribution in [0.15, 0.2) is 89.3 Å². The Labute approximate surface area is 497 Å². The quantitative estimate of drug-likeness (QED) is 0.0325. The van der Waals surface area contributed by atoms with Gasteiger partial charge in [-0.25, -0.2) is 4.98 Å². The van der Waals surface area contributed by atoms with Crippen LogP contribution >= 0.6 is 23.1 Å². The van der Waals surface area contributed by atoms with Crippen molar-refractivity contribution in [1.82, 2.24) is 25.0 Å². The minimum atomic E-state index is -4.79. The van der Waals surface area contributed by atoms with Crippen molar-refractivity contribution in [1.29, 1.82) is 5.26 Å². The summed E-state index contributed by atoms with van der Waals surface area (Å²) in [5.74, 6) is -1.80. The van der Waals surface area contributed by atoms with Crippen LogP contribution in [0.3, 0.4) is 0 Å². The molecule has 3 atom stereocenters. The zero-order valence-electron chi connectivity index (χ0n) is 47.2. The number of fused-ring (bicyclic) bond motifs is 1. The molecule has 0 aliphatic carbocycles. The van der Waals surface area contributed by atoms with Gasteiger partial charge >= 0.3 is 6.18 Å². The topological polar surface area (TPSA) is 238 Å². The van der Waals surface area contributed by atoms with Crippen LogP contribution in [-0.4, -0.2) is 165 Å². The Hall–Kier alpha value is -7.41. The number of aromatic nitrogens is 1. The van der Waals surface area contributed by atoms with Gasteiger partial charge < -0.3 is 58.1 Å². The number of aliphatic hydroxyl groups excluding tert-OH is 1. The SMILES string of the molecule is COc1cc(/C=C2\SC(=O)N(CCOCCOCCOCCOCCOCCOc3cc(-c4scnc4C)ccc3CNC(=O)[C@@H]3C[C@@H](O)CN3C(=O)[C@H](C(C)C)N3Cc4ccccc4C3=O)C2=O)ccc1Oc1ccc(C#N)cc1C(F)(F)F. The number of methoxy groups -OCH3 is 1. The fraction of sp³-hybridized carbons (Fsp3) is 0.417.